The fourth-order valence-corrected chi connectivity index (χ4v) is 1.24. The Balaban J connectivity index is 2.18. The van der Waals surface area contributed by atoms with Gasteiger partial charge in [0.15, 0.2) is 0 Å². The number of hydrogen-bond acceptors (Lipinski definition) is 3. The molecule has 3 N–H and O–H groups in total. The molecule has 15 heavy (non-hydrogen) atoms. The summed E-state index contributed by atoms with van der Waals surface area (Å²) >= 11 is 0. The van der Waals surface area contributed by atoms with E-state index in [0.717, 1.165) is 18.8 Å². The van der Waals surface area contributed by atoms with Gasteiger partial charge in [-0.15, -0.1) is 0 Å². The molecular weight excluding hydrogens is 188 g/mol. The van der Waals surface area contributed by atoms with Crippen LogP contribution in [0.5, 0.6) is 5.75 Å². The molecule has 0 saturated heterocycles. The van der Waals surface area contributed by atoms with E-state index in [4.69, 9.17) is 10.5 Å². The summed E-state index contributed by atoms with van der Waals surface area (Å²) in [5.41, 5.74) is 6.43. The van der Waals surface area contributed by atoms with E-state index in [1.807, 2.05) is 24.3 Å². The first-order valence-corrected chi connectivity index (χ1v) is 5.38. The first kappa shape index (κ1) is 11.9. The lowest BCUT2D eigenvalue weighted by molar-refractivity contribution is 0.312. The van der Waals surface area contributed by atoms with Crippen LogP contribution in [0.4, 0.5) is 5.69 Å². The van der Waals surface area contributed by atoms with E-state index in [9.17, 15) is 0 Å². The molecular formula is C12H20N2O. The van der Waals surface area contributed by atoms with Gasteiger partial charge in [0.2, 0.25) is 0 Å². The summed E-state index contributed by atoms with van der Waals surface area (Å²) in [6.45, 7) is 6.90. The van der Waals surface area contributed by atoms with Crippen LogP contribution >= 0.6 is 0 Å². The fraction of sp³-hybridized carbons (Fsp3) is 0.500. The van der Waals surface area contributed by atoms with Gasteiger partial charge in [0.1, 0.15) is 12.4 Å². The molecule has 0 atom stereocenters. The molecule has 1 aromatic carbocycles. The predicted molar refractivity (Wildman–Crippen MR) is 64.1 cm³/mol. The van der Waals surface area contributed by atoms with E-state index in [1.54, 1.807) is 0 Å². The lowest BCUT2D eigenvalue weighted by Crippen LogP contribution is -2.25. The predicted octanol–water partition coefficient (Wildman–Crippen LogP) is 1.89. The minimum Gasteiger partial charge on any atom is -0.490 e. The molecule has 0 aromatic heterocycles. The van der Waals surface area contributed by atoms with Crippen LogP contribution in [-0.4, -0.2) is 19.7 Å². The van der Waals surface area contributed by atoms with E-state index in [-0.39, 0.29) is 0 Å². The van der Waals surface area contributed by atoms with Gasteiger partial charge in [-0.1, -0.05) is 26.0 Å². The summed E-state index contributed by atoms with van der Waals surface area (Å²) in [7, 11) is 0. The zero-order chi connectivity index (χ0) is 11.1. The molecule has 0 spiro atoms. The molecule has 0 saturated carbocycles. The van der Waals surface area contributed by atoms with E-state index < -0.39 is 0 Å². The summed E-state index contributed by atoms with van der Waals surface area (Å²) in [4.78, 5) is 0. The highest BCUT2D eigenvalue weighted by atomic mass is 16.5. The molecule has 0 aliphatic rings. The molecule has 0 heterocycles. The first-order valence-electron chi connectivity index (χ1n) is 5.38. The van der Waals surface area contributed by atoms with Gasteiger partial charge in [-0.2, -0.15) is 0 Å². The van der Waals surface area contributed by atoms with Crippen molar-refractivity contribution in [2.75, 3.05) is 25.4 Å². The van der Waals surface area contributed by atoms with Gasteiger partial charge in [0.05, 0.1) is 5.69 Å². The van der Waals surface area contributed by atoms with E-state index >= 15 is 0 Å². The second kappa shape index (κ2) is 6.30. The number of anilines is 1. The maximum Gasteiger partial charge on any atom is 0.142 e. The van der Waals surface area contributed by atoms with Crippen molar-refractivity contribution in [1.29, 1.82) is 0 Å². The molecule has 0 fully saturated rings. The van der Waals surface area contributed by atoms with Crippen LogP contribution in [0.15, 0.2) is 24.3 Å². The van der Waals surface area contributed by atoms with E-state index in [0.29, 0.717) is 18.2 Å². The zero-order valence-electron chi connectivity index (χ0n) is 9.49. The third-order valence-corrected chi connectivity index (χ3v) is 2.01. The number of hydrogen-bond donors (Lipinski definition) is 2. The lowest BCUT2D eigenvalue weighted by Gasteiger charge is -2.10. The van der Waals surface area contributed by atoms with Crippen molar-refractivity contribution in [2.24, 2.45) is 5.92 Å². The van der Waals surface area contributed by atoms with E-state index in [1.165, 1.54) is 0 Å². The van der Waals surface area contributed by atoms with Crippen LogP contribution in [0, 0.1) is 5.92 Å². The molecule has 3 nitrogen and oxygen atoms in total. The number of para-hydroxylation sites is 2. The molecule has 0 aliphatic heterocycles. The third-order valence-electron chi connectivity index (χ3n) is 2.01. The van der Waals surface area contributed by atoms with E-state index in [2.05, 4.69) is 19.2 Å². The molecule has 3 heteroatoms. The van der Waals surface area contributed by atoms with Crippen molar-refractivity contribution in [3.63, 3.8) is 0 Å². The zero-order valence-corrected chi connectivity index (χ0v) is 9.49. The summed E-state index contributed by atoms with van der Waals surface area (Å²) in [6, 6.07) is 7.56. The topological polar surface area (TPSA) is 47.3 Å². The third kappa shape index (κ3) is 4.70. The van der Waals surface area contributed by atoms with Crippen LogP contribution in [0.2, 0.25) is 0 Å². The number of rotatable bonds is 6. The summed E-state index contributed by atoms with van der Waals surface area (Å²) in [5.74, 6) is 1.44. The lowest BCUT2D eigenvalue weighted by atomic mass is 10.2. The minimum absolute atomic E-state index is 0.654. The summed E-state index contributed by atoms with van der Waals surface area (Å²) in [6.07, 6.45) is 0. The average molecular weight is 208 g/mol. The second-order valence-electron chi connectivity index (χ2n) is 3.98. The van der Waals surface area contributed by atoms with Gasteiger partial charge in [0, 0.05) is 6.54 Å². The molecule has 1 aromatic rings. The number of ether oxygens (including phenoxy) is 1. The number of benzene rings is 1. The summed E-state index contributed by atoms with van der Waals surface area (Å²) < 4.78 is 5.53. The SMILES string of the molecule is CC(C)CNCCOc1ccccc1N. The molecule has 0 aliphatic carbocycles. The quantitative estimate of drug-likeness (QED) is 0.554. The van der Waals surface area contributed by atoms with Crippen LogP contribution < -0.4 is 15.8 Å². The van der Waals surface area contributed by atoms with Crippen molar-refractivity contribution in [2.45, 2.75) is 13.8 Å². The Morgan fingerprint density at radius 2 is 2.07 bits per heavy atom. The minimum atomic E-state index is 0.654. The van der Waals surface area contributed by atoms with Crippen molar-refractivity contribution in [3.8, 4) is 5.75 Å². The molecule has 0 unspecified atom stereocenters. The van der Waals surface area contributed by atoms with Crippen molar-refractivity contribution >= 4 is 5.69 Å². The van der Waals surface area contributed by atoms with Gasteiger partial charge in [-0.05, 0) is 24.6 Å². The van der Waals surface area contributed by atoms with Crippen molar-refractivity contribution in [1.82, 2.24) is 5.32 Å². The van der Waals surface area contributed by atoms with Gasteiger partial charge < -0.3 is 15.8 Å². The second-order valence-corrected chi connectivity index (χ2v) is 3.98. The number of nitrogen functional groups attached to an aromatic ring is 1. The Morgan fingerprint density at radius 3 is 2.73 bits per heavy atom. The molecule has 1 rings (SSSR count). The van der Waals surface area contributed by atoms with Crippen LogP contribution in [0.3, 0.4) is 0 Å². The first-order chi connectivity index (χ1) is 7.20. The average Bonchev–Trinajstić information content (AvgIpc) is 2.20. The van der Waals surface area contributed by atoms with Crippen LogP contribution in [-0.2, 0) is 0 Å². The van der Waals surface area contributed by atoms with Gasteiger partial charge >= 0.3 is 0 Å². The summed E-state index contributed by atoms with van der Waals surface area (Å²) in [5, 5.41) is 3.31. The van der Waals surface area contributed by atoms with Gasteiger partial charge in [0.25, 0.3) is 0 Å². The molecule has 0 amide bonds. The smallest absolute Gasteiger partial charge is 0.142 e. The van der Waals surface area contributed by atoms with Crippen molar-refractivity contribution in [3.05, 3.63) is 24.3 Å². The Labute approximate surface area is 91.6 Å². The van der Waals surface area contributed by atoms with Gasteiger partial charge in [-0.25, -0.2) is 0 Å². The Bertz CT molecular complexity index is 287. The largest absolute Gasteiger partial charge is 0.490 e. The molecule has 0 bridgehead atoms. The number of nitrogens with one attached hydrogen (secondary N) is 1. The van der Waals surface area contributed by atoms with Crippen LogP contribution in [0.1, 0.15) is 13.8 Å². The molecule has 0 radical (unpaired) electrons. The highest BCUT2D eigenvalue weighted by Gasteiger charge is 1.97. The van der Waals surface area contributed by atoms with Crippen LogP contribution in [0.25, 0.3) is 0 Å². The maximum atomic E-state index is 5.74. The molecule has 84 valence electrons. The number of nitrogens with two attached hydrogens (primary N) is 1. The maximum absolute atomic E-state index is 5.74. The fourth-order valence-electron chi connectivity index (χ4n) is 1.24. The highest BCUT2D eigenvalue weighted by molar-refractivity contribution is 5.51. The highest BCUT2D eigenvalue weighted by Crippen LogP contribution is 2.19. The standard InChI is InChI=1S/C12H20N2O/c1-10(2)9-14-7-8-15-12-6-4-3-5-11(12)13/h3-6,10,14H,7-9,13H2,1-2H3. The van der Waals surface area contributed by atoms with Crippen molar-refractivity contribution < 1.29 is 4.74 Å². The van der Waals surface area contributed by atoms with Gasteiger partial charge in [-0.3, -0.25) is 0 Å². The monoisotopic (exact) mass is 208 g/mol. The normalized spacial score (nSPS) is 10.6. The Kier molecular flexibility index (Phi) is 4.98. The Hall–Kier alpha value is -1.22. The Morgan fingerprint density at radius 1 is 1.33 bits per heavy atom.